The monoisotopic (exact) mass is 459 g/mol. The number of carbonyl (C=O) groups excluding carboxylic acids is 1. The van der Waals surface area contributed by atoms with E-state index in [9.17, 15) is 4.79 Å². The molecule has 0 radical (unpaired) electrons. The van der Waals surface area contributed by atoms with Gasteiger partial charge in [0, 0.05) is 18.4 Å². The van der Waals surface area contributed by atoms with E-state index in [4.69, 9.17) is 4.74 Å². The van der Waals surface area contributed by atoms with E-state index < -0.39 is 0 Å². The van der Waals surface area contributed by atoms with Crippen molar-refractivity contribution < 1.29 is 9.53 Å². The van der Waals surface area contributed by atoms with Crippen LogP contribution >= 0.6 is 12.4 Å². The molecule has 3 nitrogen and oxygen atoms in total. The molecule has 6 rings (SSSR count). The Morgan fingerprint density at radius 1 is 1.16 bits per heavy atom. The minimum absolute atomic E-state index is 0. The Kier molecular flexibility index (Phi) is 5.75. The maximum Gasteiger partial charge on any atom is 0.155 e. The summed E-state index contributed by atoms with van der Waals surface area (Å²) < 4.78 is 7.00. The van der Waals surface area contributed by atoms with Gasteiger partial charge in [0.2, 0.25) is 0 Å². The first-order valence-corrected chi connectivity index (χ1v) is 13.1. The van der Waals surface area contributed by atoms with Crippen LogP contribution in [0, 0.1) is 35.0 Å². The zero-order valence-corrected chi connectivity index (χ0v) is 21.2. The molecule has 1 N–H and O–H groups in total. The van der Waals surface area contributed by atoms with Gasteiger partial charge in [-0.1, -0.05) is 37.5 Å². The highest BCUT2D eigenvalue weighted by atomic mass is 35.5. The summed E-state index contributed by atoms with van der Waals surface area (Å²) in [6.45, 7) is 10.9. The number of nitrogens with one attached hydrogen (secondary N) is 1. The van der Waals surface area contributed by atoms with Crippen molar-refractivity contribution in [2.75, 3.05) is 6.54 Å². The van der Waals surface area contributed by atoms with Gasteiger partial charge in [-0.25, -0.2) is 0 Å². The number of carbonyl (C=O) groups is 1. The van der Waals surface area contributed by atoms with Crippen LogP contribution in [0.3, 0.4) is 0 Å². The van der Waals surface area contributed by atoms with E-state index in [0.29, 0.717) is 23.8 Å². The van der Waals surface area contributed by atoms with Crippen LogP contribution in [0.15, 0.2) is 22.8 Å². The fourth-order valence-corrected chi connectivity index (χ4v) is 9.13. The van der Waals surface area contributed by atoms with Crippen LogP contribution < -0.4 is 5.32 Å². The predicted octanol–water partition coefficient (Wildman–Crippen LogP) is 6.02. The van der Waals surface area contributed by atoms with Gasteiger partial charge in [0.25, 0.3) is 0 Å². The molecule has 4 fully saturated rings. The van der Waals surface area contributed by atoms with E-state index in [1.165, 1.54) is 37.7 Å². The summed E-state index contributed by atoms with van der Waals surface area (Å²) in [6, 6.07) is 0.542. The summed E-state index contributed by atoms with van der Waals surface area (Å²) >= 11 is 0. The Morgan fingerprint density at radius 2 is 1.97 bits per heavy atom. The number of fused-ring (bicyclic) bond motifs is 6. The van der Waals surface area contributed by atoms with Crippen molar-refractivity contribution in [2.24, 2.45) is 35.0 Å². The van der Waals surface area contributed by atoms with Crippen molar-refractivity contribution in [1.82, 2.24) is 5.32 Å². The third-order valence-electron chi connectivity index (χ3n) is 10.9. The summed E-state index contributed by atoms with van der Waals surface area (Å²) in [5.74, 6) is 4.00. The van der Waals surface area contributed by atoms with Gasteiger partial charge in [0.15, 0.2) is 5.78 Å². The molecular formula is C28H42ClNO2. The molecule has 1 spiro atoms. The number of piperidine rings is 1. The Bertz CT molecular complexity index is 863. The molecule has 4 aliphatic carbocycles. The molecule has 2 saturated carbocycles. The van der Waals surface area contributed by atoms with Gasteiger partial charge in [-0.2, -0.15) is 0 Å². The first-order chi connectivity index (χ1) is 14.8. The second-order valence-electron chi connectivity index (χ2n) is 12.5. The van der Waals surface area contributed by atoms with Gasteiger partial charge < -0.3 is 10.1 Å². The SMILES string of the molecule is CC1=C2C[C@H]3[C@@H](CCC4=CC(=O)CC[C@@]43C)[C@@H]2CC[C@@]2(C1)O[C@@H]1C[C@H](C)CN[C@H]1[C@H]2C.Cl. The lowest BCUT2D eigenvalue weighted by Crippen LogP contribution is -2.48. The summed E-state index contributed by atoms with van der Waals surface area (Å²) in [7, 11) is 0. The molecule has 0 aromatic carbocycles. The van der Waals surface area contributed by atoms with Gasteiger partial charge in [-0.3, -0.25) is 4.79 Å². The van der Waals surface area contributed by atoms with Crippen LogP contribution in [0.4, 0.5) is 0 Å². The molecule has 6 aliphatic rings. The minimum atomic E-state index is 0. The molecule has 0 unspecified atom stereocenters. The molecule has 0 aromatic rings. The zero-order valence-electron chi connectivity index (χ0n) is 20.4. The maximum atomic E-state index is 12.1. The van der Waals surface area contributed by atoms with Crippen molar-refractivity contribution in [3.63, 3.8) is 0 Å². The number of ketones is 1. The van der Waals surface area contributed by atoms with Gasteiger partial charge in [0.1, 0.15) is 0 Å². The van der Waals surface area contributed by atoms with Gasteiger partial charge in [-0.05, 0) is 100.0 Å². The third kappa shape index (κ3) is 3.24. The Hall–Kier alpha value is -0.640. The number of halogens is 1. The molecule has 178 valence electrons. The minimum Gasteiger partial charge on any atom is -0.369 e. The van der Waals surface area contributed by atoms with Gasteiger partial charge in [0.05, 0.1) is 11.7 Å². The van der Waals surface area contributed by atoms with Crippen molar-refractivity contribution in [3.8, 4) is 0 Å². The molecule has 0 bridgehead atoms. The zero-order chi connectivity index (χ0) is 21.5. The van der Waals surface area contributed by atoms with Crippen LogP contribution in [0.2, 0.25) is 0 Å². The van der Waals surface area contributed by atoms with E-state index in [-0.39, 0.29) is 23.4 Å². The number of hydrogen-bond acceptors (Lipinski definition) is 3. The largest absolute Gasteiger partial charge is 0.369 e. The number of hydrogen-bond donors (Lipinski definition) is 1. The van der Waals surface area contributed by atoms with E-state index in [0.717, 1.165) is 55.9 Å². The highest BCUT2D eigenvalue weighted by Crippen LogP contribution is 2.64. The van der Waals surface area contributed by atoms with Crippen LogP contribution in [0.25, 0.3) is 0 Å². The Morgan fingerprint density at radius 3 is 2.78 bits per heavy atom. The fraction of sp³-hybridized carbons (Fsp3) is 0.821. The molecule has 4 heteroatoms. The number of rotatable bonds is 0. The average molecular weight is 460 g/mol. The molecular weight excluding hydrogens is 418 g/mol. The second-order valence-corrected chi connectivity index (χ2v) is 12.5. The van der Waals surface area contributed by atoms with E-state index in [1.807, 2.05) is 6.08 Å². The fourth-order valence-electron chi connectivity index (χ4n) is 9.13. The van der Waals surface area contributed by atoms with Crippen molar-refractivity contribution >= 4 is 18.2 Å². The molecule has 32 heavy (non-hydrogen) atoms. The van der Waals surface area contributed by atoms with Gasteiger partial charge >= 0.3 is 0 Å². The second kappa shape index (κ2) is 7.95. The highest BCUT2D eigenvalue weighted by molar-refractivity contribution is 5.91. The molecule has 0 amide bonds. The predicted molar refractivity (Wildman–Crippen MR) is 131 cm³/mol. The summed E-state index contributed by atoms with van der Waals surface area (Å²) in [4.78, 5) is 12.1. The van der Waals surface area contributed by atoms with Crippen LogP contribution in [-0.4, -0.2) is 30.1 Å². The van der Waals surface area contributed by atoms with Gasteiger partial charge in [-0.15, -0.1) is 12.4 Å². The molecule has 2 heterocycles. The quantitative estimate of drug-likeness (QED) is 0.450. The molecule has 2 aliphatic heterocycles. The molecule has 2 saturated heterocycles. The van der Waals surface area contributed by atoms with E-state index >= 15 is 0 Å². The lowest BCUT2D eigenvalue weighted by Gasteiger charge is -2.48. The normalized spacial score (nSPS) is 50.1. The lowest BCUT2D eigenvalue weighted by molar-refractivity contribution is -0.116. The summed E-state index contributed by atoms with van der Waals surface area (Å²) in [5.41, 5.74) is 5.23. The summed E-state index contributed by atoms with van der Waals surface area (Å²) in [6.07, 6.45) is 12.9. The topological polar surface area (TPSA) is 38.3 Å². The average Bonchev–Trinajstić information content (AvgIpc) is 3.19. The van der Waals surface area contributed by atoms with Crippen LogP contribution in [0.5, 0.6) is 0 Å². The van der Waals surface area contributed by atoms with Crippen LogP contribution in [-0.2, 0) is 9.53 Å². The number of allylic oxidation sites excluding steroid dienone is 3. The first-order valence-electron chi connectivity index (χ1n) is 13.1. The Labute approximate surface area is 200 Å². The molecule has 0 aromatic heterocycles. The maximum absolute atomic E-state index is 12.1. The van der Waals surface area contributed by atoms with E-state index in [1.54, 1.807) is 11.1 Å². The van der Waals surface area contributed by atoms with Crippen molar-refractivity contribution in [1.29, 1.82) is 0 Å². The number of ether oxygens (including phenoxy) is 1. The van der Waals surface area contributed by atoms with Crippen molar-refractivity contribution in [3.05, 3.63) is 22.8 Å². The molecule has 9 atom stereocenters. The third-order valence-corrected chi connectivity index (χ3v) is 10.9. The standard InChI is InChI=1S/C28H41NO2.ClH/c1-16-11-25-26(29-15-16)18(3)28(31-25)10-8-21-22-6-5-19-12-20(30)7-9-27(19,4)24(22)13-23(21)17(2)14-28;/h12,16,18,21-22,24-26,29H,5-11,13-15H2,1-4H3;1H/t16-,18+,21-,22-,24-,25+,26-,27-,28-;/m0./s1. The summed E-state index contributed by atoms with van der Waals surface area (Å²) in [5, 5.41) is 3.85. The van der Waals surface area contributed by atoms with Crippen LogP contribution in [0.1, 0.15) is 85.5 Å². The smallest absolute Gasteiger partial charge is 0.155 e. The lowest BCUT2D eigenvalue weighted by atomic mass is 9.56. The first kappa shape index (κ1) is 23.1. The highest BCUT2D eigenvalue weighted by Gasteiger charge is 2.58. The Balaban J connectivity index is 0.00000216. The van der Waals surface area contributed by atoms with Crippen molar-refractivity contribution in [2.45, 2.75) is 103 Å². The van der Waals surface area contributed by atoms with E-state index in [2.05, 4.69) is 33.0 Å².